The second-order valence-electron chi connectivity index (χ2n) is 3.64. The monoisotopic (exact) mass is 202 g/mol. The van der Waals surface area contributed by atoms with Gasteiger partial charge < -0.3 is 21.9 Å². The zero-order valence-electron chi connectivity index (χ0n) is 8.15. The van der Waals surface area contributed by atoms with Crippen LogP contribution in [0.5, 0.6) is 0 Å². The van der Waals surface area contributed by atoms with Crippen molar-refractivity contribution in [3.8, 4) is 0 Å². The number of β-amino-alcohol motifs (C(OH)–C–C–N with tert-alkyl or cyclic N) is 1. The molecule has 6 heteroatoms. The van der Waals surface area contributed by atoms with Crippen LogP contribution >= 0.6 is 0 Å². The number of nitrogens with zero attached hydrogens (tertiary/aromatic N) is 1. The Morgan fingerprint density at radius 3 is 3.00 bits per heavy atom. The van der Waals surface area contributed by atoms with Crippen molar-refractivity contribution in [1.82, 2.24) is 10.2 Å². The van der Waals surface area contributed by atoms with Crippen LogP contribution in [-0.2, 0) is 0 Å². The summed E-state index contributed by atoms with van der Waals surface area (Å²) in [6.07, 6.45) is 0.391. The lowest BCUT2D eigenvalue weighted by molar-refractivity contribution is 0.131. The molecule has 0 aliphatic carbocycles. The summed E-state index contributed by atoms with van der Waals surface area (Å²) in [5, 5.41) is 12.0. The highest BCUT2D eigenvalue weighted by molar-refractivity contribution is 5.72. The fourth-order valence-electron chi connectivity index (χ4n) is 1.69. The molecular formula is C8H18N4O2. The van der Waals surface area contributed by atoms with Gasteiger partial charge in [0, 0.05) is 32.2 Å². The number of hydrogen-bond donors (Lipinski definition) is 4. The molecule has 0 radical (unpaired) electrons. The quantitative estimate of drug-likeness (QED) is 0.425. The normalized spacial score (nSPS) is 24.9. The van der Waals surface area contributed by atoms with Crippen molar-refractivity contribution in [3.63, 3.8) is 0 Å². The third-order valence-electron chi connectivity index (χ3n) is 2.36. The third-order valence-corrected chi connectivity index (χ3v) is 2.36. The fraction of sp³-hybridized carbons (Fsp3) is 0.875. The molecule has 2 atom stereocenters. The average Bonchev–Trinajstić information content (AvgIpc) is 2.51. The van der Waals surface area contributed by atoms with Crippen LogP contribution < -0.4 is 16.8 Å². The molecule has 6 nitrogen and oxygen atoms in total. The lowest BCUT2D eigenvalue weighted by Gasteiger charge is -2.18. The molecule has 0 aromatic rings. The molecule has 1 saturated heterocycles. The van der Waals surface area contributed by atoms with Crippen LogP contribution in [0.2, 0.25) is 0 Å². The number of rotatable bonds is 4. The summed E-state index contributed by atoms with van der Waals surface area (Å²) >= 11 is 0. The van der Waals surface area contributed by atoms with E-state index in [9.17, 15) is 9.90 Å². The van der Waals surface area contributed by atoms with Crippen LogP contribution in [0.25, 0.3) is 0 Å². The second kappa shape index (κ2) is 5.14. The van der Waals surface area contributed by atoms with Gasteiger partial charge in [0.1, 0.15) is 0 Å². The molecule has 14 heavy (non-hydrogen) atoms. The van der Waals surface area contributed by atoms with E-state index >= 15 is 0 Å². The highest BCUT2D eigenvalue weighted by Crippen LogP contribution is 2.08. The molecule has 1 aliphatic rings. The number of amides is 2. The number of carbonyl (C=O) groups excluding carboxylic acids is 1. The van der Waals surface area contributed by atoms with Crippen LogP contribution in [0.4, 0.5) is 4.79 Å². The van der Waals surface area contributed by atoms with Gasteiger partial charge in [0.2, 0.25) is 0 Å². The van der Waals surface area contributed by atoms with Gasteiger partial charge >= 0.3 is 6.03 Å². The Bertz CT molecular complexity index is 200. The summed E-state index contributed by atoms with van der Waals surface area (Å²) in [6.45, 7) is 2.43. The van der Waals surface area contributed by atoms with E-state index in [1.165, 1.54) is 0 Å². The zero-order chi connectivity index (χ0) is 10.6. The van der Waals surface area contributed by atoms with E-state index in [4.69, 9.17) is 11.5 Å². The summed E-state index contributed by atoms with van der Waals surface area (Å²) in [6, 6.07) is -0.381. The molecule has 1 fully saturated rings. The van der Waals surface area contributed by atoms with Crippen molar-refractivity contribution in [1.29, 1.82) is 0 Å². The number of primary amides is 1. The summed E-state index contributed by atoms with van der Waals surface area (Å²) in [4.78, 5) is 12.6. The summed E-state index contributed by atoms with van der Waals surface area (Å²) in [5.41, 5.74) is 10.3. The van der Waals surface area contributed by atoms with Gasteiger partial charge in [-0.05, 0) is 6.42 Å². The minimum Gasteiger partial charge on any atom is -0.390 e. The van der Waals surface area contributed by atoms with Crippen molar-refractivity contribution >= 4 is 6.03 Å². The van der Waals surface area contributed by atoms with E-state index in [2.05, 4.69) is 10.2 Å². The molecular weight excluding hydrogens is 184 g/mol. The van der Waals surface area contributed by atoms with Gasteiger partial charge in [0.15, 0.2) is 0 Å². The molecule has 0 aromatic heterocycles. The molecule has 1 heterocycles. The van der Waals surface area contributed by atoms with Crippen LogP contribution in [0.15, 0.2) is 0 Å². The van der Waals surface area contributed by atoms with Gasteiger partial charge in [-0.3, -0.25) is 4.90 Å². The summed E-state index contributed by atoms with van der Waals surface area (Å²) < 4.78 is 0. The maximum absolute atomic E-state index is 10.6. The van der Waals surface area contributed by atoms with Gasteiger partial charge in [-0.2, -0.15) is 0 Å². The molecule has 0 spiro atoms. The smallest absolute Gasteiger partial charge is 0.312 e. The number of hydrogen-bond acceptors (Lipinski definition) is 4. The predicted octanol–water partition coefficient (Wildman–Crippen LogP) is -1.95. The van der Waals surface area contributed by atoms with E-state index in [1.807, 2.05) is 0 Å². The predicted molar refractivity (Wildman–Crippen MR) is 52.6 cm³/mol. The Morgan fingerprint density at radius 1 is 1.71 bits per heavy atom. The molecule has 6 N–H and O–H groups in total. The Kier molecular flexibility index (Phi) is 4.12. The number of carbonyl (C=O) groups is 1. The second-order valence-corrected chi connectivity index (χ2v) is 3.64. The van der Waals surface area contributed by atoms with Gasteiger partial charge in [-0.15, -0.1) is 0 Å². The van der Waals surface area contributed by atoms with Crippen molar-refractivity contribution < 1.29 is 9.90 Å². The molecule has 0 bridgehead atoms. The van der Waals surface area contributed by atoms with Crippen molar-refractivity contribution in [2.45, 2.75) is 18.6 Å². The molecule has 2 amide bonds. The van der Waals surface area contributed by atoms with E-state index in [1.54, 1.807) is 0 Å². The number of nitrogens with one attached hydrogen (secondary N) is 1. The first-order valence-corrected chi connectivity index (χ1v) is 4.78. The SMILES string of the molecule is NCC(O)CN1CCC(NC(N)=O)C1. The van der Waals surface area contributed by atoms with Gasteiger partial charge in [-0.1, -0.05) is 0 Å². The third kappa shape index (κ3) is 3.49. The maximum atomic E-state index is 10.6. The Hall–Kier alpha value is -0.850. The van der Waals surface area contributed by atoms with Crippen LogP contribution in [0.1, 0.15) is 6.42 Å². The van der Waals surface area contributed by atoms with E-state index < -0.39 is 12.1 Å². The first-order valence-electron chi connectivity index (χ1n) is 4.78. The molecule has 0 saturated carbocycles. The van der Waals surface area contributed by atoms with Crippen molar-refractivity contribution in [3.05, 3.63) is 0 Å². The molecule has 82 valence electrons. The molecule has 0 aromatic carbocycles. The van der Waals surface area contributed by atoms with Crippen molar-refractivity contribution in [2.24, 2.45) is 11.5 Å². The Labute approximate surface area is 83.2 Å². The minimum absolute atomic E-state index is 0.109. The topological polar surface area (TPSA) is 105 Å². The number of aliphatic hydroxyl groups excluding tert-OH is 1. The fourth-order valence-corrected chi connectivity index (χ4v) is 1.69. The lowest BCUT2D eigenvalue weighted by atomic mass is 10.3. The Balaban J connectivity index is 2.23. The molecule has 2 unspecified atom stereocenters. The average molecular weight is 202 g/mol. The number of urea groups is 1. The van der Waals surface area contributed by atoms with Gasteiger partial charge in [0.25, 0.3) is 0 Å². The van der Waals surface area contributed by atoms with Crippen LogP contribution in [-0.4, -0.2) is 54.4 Å². The summed E-state index contributed by atoms with van der Waals surface area (Å²) in [5.74, 6) is 0. The maximum Gasteiger partial charge on any atom is 0.312 e. The van der Waals surface area contributed by atoms with Gasteiger partial charge in [0.05, 0.1) is 6.10 Å². The number of likely N-dealkylation sites (tertiary alicyclic amines) is 1. The summed E-state index contributed by atoms with van der Waals surface area (Å²) in [7, 11) is 0. The van der Waals surface area contributed by atoms with E-state index in [-0.39, 0.29) is 12.6 Å². The first kappa shape index (κ1) is 11.2. The highest BCUT2D eigenvalue weighted by Gasteiger charge is 2.24. The molecule has 1 rings (SSSR count). The van der Waals surface area contributed by atoms with E-state index in [0.29, 0.717) is 6.54 Å². The van der Waals surface area contributed by atoms with Crippen LogP contribution in [0, 0.1) is 0 Å². The first-order chi connectivity index (χ1) is 6.61. The minimum atomic E-state index is -0.490. The highest BCUT2D eigenvalue weighted by atomic mass is 16.3. The standard InChI is InChI=1S/C8H18N4O2/c9-3-7(13)5-12-2-1-6(4-12)11-8(10)14/h6-7,13H,1-5,9H2,(H3,10,11,14). The van der Waals surface area contributed by atoms with Crippen LogP contribution in [0.3, 0.4) is 0 Å². The lowest BCUT2D eigenvalue weighted by Crippen LogP contribution is -2.41. The largest absolute Gasteiger partial charge is 0.390 e. The Morgan fingerprint density at radius 2 is 2.43 bits per heavy atom. The van der Waals surface area contributed by atoms with E-state index in [0.717, 1.165) is 19.5 Å². The van der Waals surface area contributed by atoms with Gasteiger partial charge in [-0.25, -0.2) is 4.79 Å². The number of nitrogens with two attached hydrogens (primary N) is 2. The zero-order valence-corrected chi connectivity index (χ0v) is 8.15. The van der Waals surface area contributed by atoms with Crippen molar-refractivity contribution in [2.75, 3.05) is 26.2 Å². The molecule has 1 aliphatic heterocycles. The number of aliphatic hydroxyl groups is 1.